The van der Waals surface area contributed by atoms with E-state index in [0.29, 0.717) is 5.92 Å². The Balaban J connectivity index is 2.64. The Bertz CT molecular complexity index is 463. The van der Waals surface area contributed by atoms with Crippen LogP contribution in [0.2, 0.25) is 0 Å². The Hall–Kier alpha value is -1.84. The van der Waals surface area contributed by atoms with Crippen molar-refractivity contribution in [2.45, 2.75) is 19.8 Å². The lowest BCUT2D eigenvalue weighted by atomic mass is 10.0. The second-order valence-corrected chi connectivity index (χ2v) is 3.90. The fraction of sp³-hybridized carbons (Fsp3) is 0.333. The summed E-state index contributed by atoms with van der Waals surface area (Å²) in [5.74, 6) is 1.23. The fourth-order valence-electron chi connectivity index (χ4n) is 1.74. The van der Waals surface area contributed by atoms with Gasteiger partial charge in [-0.05, 0) is 17.5 Å². The molecule has 0 N–H and O–H groups in total. The molecule has 4 heteroatoms. The van der Waals surface area contributed by atoms with Crippen LogP contribution in [0.3, 0.4) is 0 Å². The molecule has 0 aliphatic heterocycles. The summed E-state index contributed by atoms with van der Waals surface area (Å²) in [5, 5.41) is 7.86. The van der Waals surface area contributed by atoms with E-state index in [1.165, 1.54) is 5.56 Å². The minimum Gasteiger partial charge on any atom is -0.494 e. The number of ether oxygens (including phenoxy) is 1. The topological polar surface area (TPSA) is 39.9 Å². The Labute approximate surface area is 94.9 Å². The van der Waals surface area contributed by atoms with Crippen LogP contribution in [0.5, 0.6) is 5.75 Å². The summed E-state index contributed by atoms with van der Waals surface area (Å²) >= 11 is 0. The maximum atomic E-state index is 5.37. The lowest BCUT2D eigenvalue weighted by Crippen LogP contribution is -2.04. The molecule has 0 unspecified atom stereocenters. The van der Waals surface area contributed by atoms with Gasteiger partial charge in [0.25, 0.3) is 0 Å². The van der Waals surface area contributed by atoms with Crippen LogP contribution in [0, 0.1) is 0 Å². The van der Waals surface area contributed by atoms with Gasteiger partial charge in [0, 0.05) is 0 Å². The van der Waals surface area contributed by atoms with Crippen molar-refractivity contribution in [2.75, 3.05) is 7.11 Å². The molecule has 1 heterocycles. The van der Waals surface area contributed by atoms with Gasteiger partial charge in [-0.25, -0.2) is 4.68 Å². The average molecular weight is 217 g/mol. The summed E-state index contributed by atoms with van der Waals surface area (Å²) in [4.78, 5) is 0. The normalized spacial score (nSPS) is 10.8. The second-order valence-electron chi connectivity index (χ2n) is 3.90. The number of aromatic nitrogens is 3. The number of nitrogens with zero attached hydrogens (tertiary/aromatic N) is 3. The van der Waals surface area contributed by atoms with E-state index in [2.05, 4.69) is 30.2 Å². The van der Waals surface area contributed by atoms with Crippen molar-refractivity contribution in [1.29, 1.82) is 0 Å². The van der Waals surface area contributed by atoms with Crippen molar-refractivity contribution in [3.05, 3.63) is 36.2 Å². The number of benzene rings is 1. The van der Waals surface area contributed by atoms with Gasteiger partial charge in [-0.1, -0.05) is 31.2 Å². The van der Waals surface area contributed by atoms with Crippen molar-refractivity contribution in [3.63, 3.8) is 0 Å². The molecule has 84 valence electrons. The first-order valence-electron chi connectivity index (χ1n) is 5.27. The van der Waals surface area contributed by atoms with Gasteiger partial charge in [0.1, 0.15) is 11.4 Å². The van der Waals surface area contributed by atoms with Crippen molar-refractivity contribution in [2.24, 2.45) is 0 Å². The molecule has 0 atom stereocenters. The SMILES string of the molecule is COc1cccc(C(C)C)c1-n1ccnn1. The summed E-state index contributed by atoms with van der Waals surface area (Å²) in [6.45, 7) is 4.30. The maximum absolute atomic E-state index is 5.37. The van der Waals surface area contributed by atoms with Crippen LogP contribution in [0.4, 0.5) is 0 Å². The van der Waals surface area contributed by atoms with Crippen LogP contribution in [-0.2, 0) is 0 Å². The third-order valence-electron chi connectivity index (χ3n) is 2.52. The van der Waals surface area contributed by atoms with Crippen LogP contribution in [0.25, 0.3) is 5.69 Å². The molecular weight excluding hydrogens is 202 g/mol. The molecule has 0 saturated heterocycles. The molecule has 1 aromatic heterocycles. The largest absolute Gasteiger partial charge is 0.494 e. The summed E-state index contributed by atoms with van der Waals surface area (Å²) < 4.78 is 7.12. The summed E-state index contributed by atoms with van der Waals surface area (Å²) in [6.07, 6.45) is 3.49. The van der Waals surface area contributed by atoms with Crippen molar-refractivity contribution >= 4 is 0 Å². The van der Waals surface area contributed by atoms with Gasteiger partial charge in [-0.15, -0.1) is 5.10 Å². The Kier molecular flexibility index (Phi) is 2.90. The Morgan fingerprint density at radius 2 is 2.12 bits per heavy atom. The smallest absolute Gasteiger partial charge is 0.144 e. The Morgan fingerprint density at radius 3 is 2.69 bits per heavy atom. The van der Waals surface area contributed by atoms with Crippen LogP contribution in [0.1, 0.15) is 25.3 Å². The van der Waals surface area contributed by atoms with Crippen LogP contribution < -0.4 is 4.74 Å². The van der Waals surface area contributed by atoms with E-state index >= 15 is 0 Å². The molecule has 0 aliphatic carbocycles. The van der Waals surface area contributed by atoms with E-state index in [-0.39, 0.29) is 0 Å². The molecule has 0 aliphatic rings. The first-order valence-corrected chi connectivity index (χ1v) is 5.27. The van der Waals surface area contributed by atoms with Crippen molar-refractivity contribution in [1.82, 2.24) is 15.0 Å². The third kappa shape index (κ3) is 1.78. The zero-order chi connectivity index (χ0) is 11.5. The zero-order valence-electron chi connectivity index (χ0n) is 9.71. The van der Waals surface area contributed by atoms with Gasteiger partial charge < -0.3 is 4.74 Å². The predicted molar refractivity (Wildman–Crippen MR) is 62.0 cm³/mol. The summed E-state index contributed by atoms with van der Waals surface area (Å²) in [7, 11) is 1.67. The quantitative estimate of drug-likeness (QED) is 0.792. The van der Waals surface area contributed by atoms with E-state index in [1.807, 2.05) is 18.3 Å². The summed E-state index contributed by atoms with van der Waals surface area (Å²) in [5.41, 5.74) is 2.17. The van der Waals surface area contributed by atoms with Gasteiger partial charge in [0.15, 0.2) is 0 Å². The lowest BCUT2D eigenvalue weighted by molar-refractivity contribution is 0.410. The van der Waals surface area contributed by atoms with Gasteiger partial charge in [-0.2, -0.15) is 0 Å². The van der Waals surface area contributed by atoms with E-state index < -0.39 is 0 Å². The molecule has 2 aromatic rings. The molecular formula is C12H15N3O. The number of hydrogen-bond donors (Lipinski definition) is 0. The molecule has 2 rings (SSSR count). The molecule has 0 fully saturated rings. The number of methoxy groups -OCH3 is 1. The fourth-order valence-corrected chi connectivity index (χ4v) is 1.74. The number of rotatable bonds is 3. The summed E-state index contributed by atoms with van der Waals surface area (Å²) in [6, 6.07) is 6.02. The van der Waals surface area contributed by atoms with Crippen LogP contribution in [-0.4, -0.2) is 22.1 Å². The molecule has 0 amide bonds. The average Bonchev–Trinajstić information content (AvgIpc) is 2.81. The van der Waals surface area contributed by atoms with Gasteiger partial charge in [-0.3, -0.25) is 0 Å². The predicted octanol–water partition coefficient (Wildman–Crippen LogP) is 2.40. The van der Waals surface area contributed by atoms with E-state index in [4.69, 9.17) is 4.74 Å². The van der Waals surface area contributed by atoms with Gasteiger partial charge >= 0.3 is 0 Å². The minimum atomic E-state index is 0.411. The minimum absolute atomic E-state index is 0.411. The number of para-hydroxylation sites is 1. The van der Waals surface area contributed by atoms with Crippen LogP contribution >= 0.6 is 0 Å². The molecule has 1 aromatic carbocycles. The Morgan fingerprint density at radius 1 is 1.31 bits per heavy atom. The highest BCUT2D eigenvalue weighted by molar-refractivity contribution is 5.53. The molecule has 0 saturated carbocycles. The highest BCUT2D eigenvalue weighted by Gasteiger charge is 2.13. The first kappa shape index (κ1) is 10.7. The molecule has 0 spiro atoms. The van der Waals surface area contributed by atoms with Crippen molar-refractivity contribution < 1.29 is 4.74 Å². The van der Waals surface area contributed by atoms with E-state index in [1.54, 1.807) is 18.0 Å². The molecule has 0 bridgehead atoms. The molecule has 16 heavy (non-hydrogen) atoms. The van der Waals surface area contributed by atoms with Gasteiger partial charge in [0.2, 0.25) is 0 Å². The monoisotopic (exact) mass is 217 g/mol. The van der Waals surface area contributed by atoms with E-state index in [9.17, 15) is 0 Å². The highest BCUT2D eigenvalue weighted by atomic mass is 16.5. The second kappa shape index (κ2) is 4.35. The van der Waals surface area contributed by atoms with Gasteiger partial charge in [0.05, 0.1) is 19.5 Å². The molecule has 4 nitrogen and oxygen atoms in total. The molecule has 0 radical (unpaired) electrons. The zero-order valence-corrected chi connectivity index (χ0v) is 9.71. The highest BCUT2D eigenvalue weighted by Crippen LogP contribution is 2.30. The van der Waals surface area contributed by atoms with Crippen molar-refractivity contribution in [3.8, 4) is 11.4 Å². The standard InChI is InChI=1S/C12H15N3O/c1-9(2)10-5-4-6-11(16-3)12(10)15-8-7-13-14-15/h4-9H,1-3H3. The van der Waals surface area contributed by atoms with Crippen LogP contribution in [0.15, 0.2) is 30.6 Å². The number of hydrogen-bond acceptors (Lipinski definition) is 3. The van der Waals surface area contributed by atoms with E-state index in [0.717, 1.165) is 11.4 Å². The maximum Gasteiger partial charge on any atom is 0.144 e. The third-order valence-corrected chi connectivity index (χ3v) is 2.52. The lowest BCUT2D eigenvalue weighted by Gasteiger charge is -2.15. The first-order chi connectivity index (χ1) is 7.74.